The van der Waals surface area contributed by atoms with Crippen molar-refractivity contribution in [1.82, 2.24) is 5.32 Å². The molecule has 2 N–H and O–H groups in total. The molecule has 1 aliphatic rings. The van der Waals surface area contributed by atoms with Gasteiger partial charge in [-0.1, -0.05) is 40.2 Å². The van der Waals surface area contributed by atoms with Crippen LogP contribution in [-0.2, 0) is 6.42 Å². The monoisotopic (exact) mass is 345 g/mol. The number of fused-ring (bicyclic) bond motifs is 1. The average Bonchev–Trinajstić information content (AvgIpc) is 2.78. The molecule has 4 heteroatoms. The van der Waals surface area contributed by atoms with Crippen LogP contribution in [0.4, 0.5) is 0 Å². The minimum Gasteiger partial charge on any atom is -0.390 e. The lowest BCUT2D eigenvalue weighted by atomic mass is 10.1. The topological polar surface area (TPSA) is 49.3 Å². The molecular weight excluding hydrogens is 330 g/mol. The fourth-order valence-corrected chi connectivity index (χ4v) is 3.00. The van der Waals surface area contributed by atoms with Crippen molar-refractivity contribution in [3.63, 3.8) is 0 Å². The van der Waals surface area contributed by atoms with Crippen LogP contribution in [0, 0.1) is 6.92 Å². The quantitative estimate of drug-likeness (QED) is 0.878. The van der Waals surface area contributed by atoms with Gasteiger partial charge in [0.2, 0.25) is 0 Å². The standard InChI is InChI=1S/C17H16BrNO2/c1-10-8-12(6-7-14(10)18)17(21)19-16-13-5-3-2-4-11(13)9-15(16)20/h2-8,15-16,20H,9H2,1H3,(H,19,21)/t15-,16+/m1/s1. The molecule has 0 aromatic heterocycles. The molecule has 0 bridgehead atoms. The van der Waals surface area contributed by atoms with E-state index in [1.54, 1.807) is 6.07 Å². The van der Waals surface area contributed by atoms with Gasteiger partial charge >= 0.3 is 0 Å². The Morgan fingerprint density at radius 1 is 1.29 bits per heavy atom. The predicted octanol–water partition coefficient (Wildman–Crippen LogP) is 3.15. The summed E-state index contributed by atoms with van der Waals surface area (Å²) >= 11 is 3.43. The molecule has 1 aliphatic carbocycles. The molecule has 3 nitrogen and oxygen atoms in total. The van der Waals surface area contributed by atoms with Gasteiger partial charge in [0, 0.05) is 16.5 Å². The Morgan fingerprint density at radius 2 is 2.05 bits per heavy atom. The number of hydrogen-bond donors (Lipinski definition) is 2. The summed E-state index contributed by atoms with van der Waals surface area (Å²) in [6.07, 6.45) is 0.0171. The maximum Gasteiger partial charge on any atom is 0.251 e. The number of hydrogen-bond acceptors (Lipinski definition) is 2. The van der Waals surface area contributed by atoms with Crippen molar-refractivity contribution >= 4 is 21.8 Å². The van der Waals surface area contributed by atoms with Gasteiger partial charge in [-0.15, -0.1) is 0 Å². The molecule has 2 aromatic rings. The molecule has 0 spiro atoms. The fraction of sp³-hybridized carbons (Fsp3) is 0.235. The Kier molecular flexibility index (Phi) is 3.83. The van der Waals surface area contributed by atoms with Gasteiger partial charge in [-0.3, -0.25) is 4.79 Å². The molecule has 0 heterocycles. The highest BCUT2D eigenvalue weighted by molar-refractivity contribution is 9.10. The van der Waals surface area contributed by atoms with E-state index in [0.29, 0.717) is 12.0 Å². The van der Waals surface area contributed by atoms with Crippen molar-refractivity contribution in [2.45, 2.75) is 25.5 Å². The summed E-state index contributed by atoms with van der Waals surface area (Å²) in [5.41, 5.74) is 3.72. The molecule has 0 unspecified atom stereocenters. The number of nitrogens with one attached hydrogen (secondary N) is 1. The van der Waals surface area contributed by atoms with Crippen LogP contribution in [0.1, 0.15) is 33.1 Å². The van der Waals surface area contributed by atoms with Crippen LogP contribution >= 0.6 is 15.9 Å². The SMILES string of the molecule is Cc1cc(C(=O)N[C@H]2c3ccccc3C[C@H]2O)ccc1Br. The second-order valence-corrected chi connectivity index (χ2v) is 6.24. The van der Waals surface area contributed by atoms with Crippen LogP contribution in [0.15, 0.2) is 46.9 Å². The van der Waals surface area contributed by atoms with Gasteiger partial charge in [0.1, 0.15) is 0 Å². The van der Waals surface area contributed by atoms with E-state index in [2.05, 4.69) is 21.2 Å². The third kappa shape index (κ3) is 2.74. The first-order valence-corrected chi connectivity index (χ1v) is 7.68. The minimum absolute atomic E-state index is 0.161. The van der Waals surface area contributed by atoms with Crippen LogP contribution in [0.5, 0.6) is 0 Å². The lowest BCUT2D eigenvalue weighted by Gasteiger charge is -2.18. The smallest absolute Gasteiger partial charge is 0.251 e. The number of aliphatic hydroxyl groups is 1. The zero-order valence-electron chi connectivity index (χ0n) is 11.6. The Morgan fingerprint density at radius 3 is 2.81 bits per heavy atom. The molecule has 0 saturated carbocycles. The summed E-state index contributed by atoms with van der Waals surface area (Å²) in [5.74, 6) is -0.161. The molecular formula is C17H16BrNO2. The highest BCUT2D eigenvalue weighted by Gasteiger charge is 2.32. The van der Waals surface area contributed by atoms with Gasteiger partial charge in [0.05, 0.1) is 12.1 Å². The third-order valence-electron chi connectivity index (χ3n) is 3.91. The number of halogens is 1. The van der Waals surface area contributed by atoms with Gasteiger partial charge in [0.25, 0.3) is 5.91 Å². The normalized spacial score (nSPS) is 20.1. The molecule has 0 aliphatic heterocycles. The van der Waals surface area contributed by atoms with Crippen LogP contribution in [0.3, 0.4) is 0 Å². The number of benzene rings is 2. The Labute approximate surface area is 132 Å². The molecule has 0 radical (unpaired) electrons. The first-order chi connectivity index (χ1) is 10.1. The van der Waals surface area contributed by atoms with Crippen molar-refractivity contribution in [2.75, 3.05) is 0 Å². The van der Waals surface area contributed by atoms with E-state index in [1.165, 1.54) is 0 Å². The van der Waals surface area contributed by atoms with E-state index < -0.39 is 6.10 Å². The van der Waals surface area contributed by atoms with Gasteiger partial charge in [-0.25, -0.2) is 0 Å². The maximum atomic E-state index is 12.4. The van der Waals surface area contributed by atoms with Gasteiger partial charge in [-0.2, -0.15) is 0 Å². The van der Waals surface area contributed by atoms with E-state index >= 15 is 0 Å². The average molecular weight is 346 g/mol. The van der Waals surface area contributed by atoms with Crippen LogP contribution < -0.4 is 5.32 Å². The molecule has 0 fully saturated rings. The van der Waals surface area contributed by atoms with E-state index in [4.69, 9.17) is 0 Å². The molecule has 108 valence electrons. The Bertz CT molecular complexity index is 699. The third-order valence-corrected chi connectivity index (χ3v) is 4.80. The second kappa shape index (κ2) is 5.62. The van der Waals surface area contributed by atoms with Crippen LogP contribution in [0.25, 0.3) is 0 Å². The summed E-state index contributed by atoms with van der Waals surface area (Å²) in [4.78, 5) is 12.4. The summed E-state index contributed by atoms with van der Waals surface area (Å²) in [5, 5.41) is 13.1. The van der Waals surface area contributed by atoms with Gasteiger partial charge in [0.15, 0.2) is 0 Å². The number of rotatable bonds is 2. The predicted molar refractivity (Wildman–Crippen MR) is 85.2 cm³/mol. The van der Waals surface area contributed by atoms with Crippen molar-refractivity contribution in [3.8, 4) is 0 Å². The summed E-state index contributed by atoms with van der Waals surface area (Å²) in [6.45, 7) is 1.95. The number of carbonyl (C=O) groups excluding carboxylic acids is 1. The Balaban J connectivity index is 1.83. The van der Waals surface area contributed by atoms with Gasteiger partial charge < -0.3 is 10.4 Å². The van der Waals surface area contributed by atoms with Crippen LogP contribution in [0.2, 0.25) is 0 Å². The fourth-order valence-electron chi connectivity index (χ4n) is 2.76. The lowest BCUT2D eigenvalue weighted by molar-refractivity contribution is 0.0858. The highest BCUT2D eigenvalue weighted by Crippen LogP contribution is 2.31. The lowest BCUT2D eigenvalue weighted by Crippen LogP contribution is -2.33. The molecule has 21 heavy (non-hydrogen) atoms. The number of amides is 1. The molecule has 0 saturated heterocycles. The van der Waals surface area contributed by atoms with Crippen molar-refractivity contribution in [2.24, 2.45) is 0 Å². The number of carbonyl (C=O) groups is 1. The van der Waals surface area contributed by atoms with Crippen molar-refractivity contribution in [1.29, 1.82) is 0 Å². The summed E-state index contributed by atoms with van der Waals surface area (Å²) in [7, 11) is 0. The van der Waals surface area contributed by atoms with Crippen molar-refractivity contribution < 1.29 is 9.90 Å². The first kappa shape index (κ1) is 14.3. The Hall–Kier alpha value is -1.65. The molecule has 1 amide bonds. The maximum absolute atomic E-state index is 12.4. The number of aryl methyl sites for hydroxylation is 1. The second-order valence-electron chi connectivity index (χ2n) is 5.39. The molecule has 2 atom stereocenters. The highest BCUT2D eigenvalue weighted by atomic mass is 79.9. The molecule has 3 rings (SSSR count). The molecule has 2 aromatic carbocycles. The summed E-state index contributed by atoms with van der Waals surface area (Å²) < 4.78 is 0.977. The zero-order chi connectivity index (χ0) is 15.0. The van der Waals surface area contributed by atoms with E-state index in [0.717, 1.165) is 21.2 Å². The number of aliphatic hydroxyl groups excluding tert-OH is 1. The van der Waals surface area contributed by atoms with E-state index in [9.17, 15) is 9.90 Å². The van der Waals surface area contributed by atoms with Crippen LogP contribution in [-0.4, -0.2) is 17.1 Å². The minimum atomic E-state index is -0.567. The first-order valence-electron chi connectivity index (χ1n) is 6.89. The largest absolute Gasteiger partial charge is 0.390 e. The van der Waals surface area contributed by atoms with E-state index in [-0.39, 0.29) is 11.9 Å². The van der Waals surface area contributed by atoms with Crippen molar-refractivity contribution in [3.05, 3.63) is 69.2 Å². The summed E-state index contributed by atoms with van der Waals surface area (Å²) in [6, 6.07) is 13.0. The zero-order valence-corrected chi connectivity index (χ0v) is 13.2. The van der Waals surface area contributed by atoms with Gasteiger partial charge in [-0.05, 0) is 41.8 Å². The van der Waals surface area contributed by atoms with E-state index in [1.807, 2.05) is 43.3 Å².